The van der Waals surface area contributed by atoms with Gasteiger partial charge in [0.15, 0.2) is 0 Å². The first-order valence-electron chi connectivity index (χ1n) is 5.69. The average Bonchev–Trinajstić information content (AvgIpc) is 2.77. The quantitative estimate of drug-likeness (QED) is 0.933. The Hall–Kier alpha value is -1.33. The van der Waals surface area contributed by atoms with E-state index in [1.54, 1.807) is 12.1 Å². The maximum atomic E-state index is 12.1. The highest BCUT2D eigenvalue weighted by molar-refractivity contribution is 7.94. The minimum Gasteiger partial charge on any atom is -0.279 e. The standard InChI is InChI=1S/C13H15NO2S2/c1-3-12-7-8-13(17-12)18(15,16)14-11-6-4-5-10(2)9-11/h4-9,14H,3H2,1-2H3. The van der Waals surface area contributed by atoms with Crippen LogP contribution in [-0.2, 0) is 16.4 Å². The van der Waals surface area contributed by atoms with Crippen molar-refractivity contribution < 1.29 is 8.42 Å². The minimum atomic E-state index is -3.45. The van der Waals surface area contributed by atoms with Gasteiger partial charge in [-0.25, -0.2) is 8.42 Å². The molecular formula is C13H15NO2S2. The van der Waals surface area contributed by atoms with Crippen molar-refractivity contribution in [2.45, 2.75) is 24.5 Å². The Kier molecular flexibility index (Phi) is 3.73. The summed E-state index contributed by atoms with van der Waals surface area (Å²) in [5, 5.41) is 0. The number of hydrogen-bond donors (Lipinski definition) is 1. The van der Waals surface area contributed by atoms with Crippen molar-refractivity contribution in [1.29, 1.82) is 0 Å². The molecule has 0 fully saturated rings. The number of sulfonamides is 1. The molecule has 0 radical (unpaired) electrons. The third kappa shape index (κ3) is 2.91. The van der Waals surface area contributed by atoms with Crippen LogP contribution in [0.4, 0.5) is 5.69 Å². The van der Waals surface area contributed by atoms with Crippen LogP contribution in [0.5, 0.6) is 0 Å². The molecule has 0 saturated heterocycles. The number of aryl methyl sites for hydroxylation is 2. The largest absolute Gasteiger partial charge is 0.279 e. The highest BCUT2D eigenvalue weighted by Crippen LogP contribution is 2.24. The minimum absolute atomic E-state index is 0.362. The van der Waals surface area contributed by atoms with E-state index in [0.717, 1.165) is 16.9 Å². The van der Waals surface area contributed by atoms with Crippen molar-refractivity contribution in [2.75, 3.05) is 4.72 Å². The van der Waals surface area contributed by atoms with Crippen molar-refractivity contribution in [3.63, 3.8) is 0 Å². The van der Waals surface area contributed by atoms with E-state index in [2.05, 4.69) is 4.72 Å². The van der Waals surface area contributed by atoms with Gasteiger partial charge in [-0.2, -0.15) is 0 Å². The number of thiophene rings is 1. The van der Waals surface area contributed by atoms with E-state index in [4.69, 9.17) is 0 Å². The average molecular weight is 281 g/mol. The van der Waals surface area contributed by atoms with Crippen molar-refractivity contribution >= 4 is 27.0 Å². The number of anilines is 1. The zero-order valence-electron chi connectivity index (χ0n) is 10.3. The zero-order valence-corrected chi connectivity index (χ0v) is 11.9. The van der Waals surface area contributed by atoms with Gasteiger partial charge < -0.3 is 0 Å². The third-order valence-corrected chi connectivity index (χ3v) is 5.62. The van der Waals surface area contributed by atoms with Gasteiger partial charge in [0.05, 0.1) is 0 Å². The third-order valence-electron chi connectivity index (χ3n) is 2.52. The lowest BCUT2D eigenvalue weighted by Gasteiger charge is -2.06. The van der Waals surface area contributed by atoms with E-state index >= 15 is 0 Å². The molecule has 1 heterocycles. The second kappa shape index (κ2) is 5.12. The lowest BCUT2D eigenvalue weighted by molar-refractivity contribution is 0.603. The van der Waals surface area contributed by atoms with Crippen LogP contribution in [0, 0.1) is 6.92 Å². The summed E-state index contributed by atoms with van der Waals surface area (Å²) in [5.74, 6) is 0. The number of hydrogen-bond acceptors (Lipinski definition) is 3. The summed E-state index contributed by atoms with van der Waals surface area (Å²) >= 11 is 1.31. The van der Waals surface area contributed by atoms with Gasteiger partial charge in [-0.1, -0.05) is 19.1 Å². The van der Waals surface area contributed by atoms with Gasteiger partial charge in [0, 0.05) is 10.6 Å². The lowest BCUT2D eigenvalue weighted by Crippen LogP contribution is -2.11. The molecule has 0 unspecified atom stereocenters. The van der Waals surface area contributed by atoms with Gasteiger partial charge in [0.1, 0.15) is 4.21 Å². The predicted octanol–water partition coefficient (Wildman–Crippen LogP) is 3.42. The number of nitrogens with one attached hydrogen (secondary N) is 1. The molecule has 0 aliphatic carbocycles. The lowest BCUT2D eigenvalue weighted by atomic mass is 10.2. The van der Waals surface area contributed by atoms with Crippen molar-refractivity contribution in [3.8, 4) is 0 Å². The summed E-state index contributed by atoms with van der Waals surface area (Å²) in [7, 11) is -3.45. The van der Waals surface area contributed by atoms with Crippen LogP contribution in [0.2, 0.25) is 0 Å². The number of rotatable bonds is 4. The van der Waals surface area contributed by atoms with Gasteiger partial charge in [-0.05, 0) is 43.2 Å². The molecule has 0 aliphatic heterocycles. The molecule has 0 amide bonds. The van der Waals surface area contributed by atoms with Crippen molar-refractivity contribution in [2.24, 2.45) is 0 Å². The maximum Gasteiger partial charge on any atom is 0.271 e. The number of benzene rings is 1. The molecular weight excluding hydrogens is 266 g/mol. The first-order chi connectivity index (χ1) is 8.51. The van der Waals surface area contributed by atoms with Gasteiger partial charge in [-0.3, -0.25) is 4.72 Å². The van der Waals surface area contributed by atoms with Gasteiger partial charge in [-0.15, -0.1) is 11.3 Å². The highest BCUT2D eigenvalue weighted by Gasteiger charge is 2.16. The summed E-state index contributed by atoms with van der Waals surface area (Å²) in [5.41, 5.74) is 1.62. The fourth-order valence-electron chi connectivity index (χ4n) is 1.61. The molecule has 1 N–H and O–H groups in total. The Morgan fingerprint density at radius 3 is 2.61 bits per heavy atom. The van der Waals surface area contributed by atoms with Crippen LogP contribution < -0.4 is 4.72 Å². The Morgan fingerprint density at radius 2 is 2.00 bits per heavy atom. The fraction of sp³-hybridized carbons (Fsp3) is 0.231. The smallest absolute Gasteiger partial charge is 0.271 e. The Morgan fingerprint density at radius 1 is 1.22 bits per heavy atom. The van der Waals surface area contributed by atoms with Gasteiger partial charge in [0.25, 0.3) is 10.0 Å². The van der Waals surface area contributed by atoms with E-state index in [1.807, 2.05) is 38.1 Å². The summed E-state index contributed by atoms with van der Waals surface area (Å²) in [6.07, 6.45) is 0.852. The van der Waals surface area contributed by atoms with Crippen LogP contribution in [0.1, 0.15) is 17.4 Å². The highest BCUT2D eigenvalue weighted by atomic mass is 32.2. The second-order valence-electron chi connectivity index (χ2n) is 4.05. The Bertz CT molecular complexity index is 645. The molecule has 0 saturated carbocycles. The summed E-state index contributed by atoms with van der Waals surface area (Å²) in [6, 6.07) is 10.8. The van der Waals surface area contributed by atoms with E-state index in [0.29, 0.717) is 9.90 Å². The van der Waals surface area contributed by atoms with E-state index in [-0.39, 0.29) is 0 Å². The van der Waals surface area contributed by atoms with Gasteiger partial charge >= 0.3 is 0 Å². The molecule has 5 heteroatoms. The topological polar surface area (TPSA) is 46.2 Å². The van der Waals surface area contributed by atoms with E-state index in [1.165, 1.54) is 11.3 Å². The van der Waals surface area contributed by atoms with Crippen LogP contribution in [0.3, 0.4) is 0 Å². The molecule has 2 aromatic rings. The molecule has 2 rings (SSSR count). The van der Waals surface area contributed by atoms with Gasteiger partial charge in [0.2, 0.25) is 0 Å². The Balaban J connectivity index is 2.27. The maximum absolute atomic E-state index is 12.1. The second-order valence-corrected chi connectivity index (χ2v) is 7.13. The van der Waals surface area contributed by atoms with Crippen LogP contribution in [0.25, 0.3) is 0 Å². The molecule has 3 nitrogen and oxygen atoms in total. The van der Waals surface area contributed by atoms with E-state index < -0.39 is 10.0 Å². The fourth-order valence-corrected chi connectivity index (χ4v) is 3.95. The Labute approximate surface area is 112 Å². The molecule has 0 bridgehead atoms. The summed E-state index contributed by atoms with van der Waals surface area (Å²) < 4.78 is 27.2. The van der Waals surface area contributed by atoms with Crippen LogP contribution >= 0.6 is 11.3 Å². The summed E-state index contributed by atoms with van der Waals surface area (Å²) in [6.45, 7) is 3.94. The van der Waals surface area contributed by atoms with Crippen LogP contribution in [-0.4, -0.2) is 8.42 Å². The molecule has 96 valence electrons. The van der Waals surface area contributed by atoms with Crippen molar-refractivity contribution in [3.05, 3.63) is 46.8 Å². The van der Waals surface area contributed by atoms with Crippen LogP contribution in [0.15, 0.2) is 40.6 Å². The SMILES string of the molecule is CCc1ccc(S(=O)(=O)Nc2cccc(C)c2)s1. The molecule has 1 aromatic heterocycles. The van der Waals surface area contributed by atoms with E-state index in [9.17, 15) is 8.42 Å². The zero-order chi connectivity index (χ0) is 13.2. The molecule has 18 heavy (non-hydrogen) atoms. The monoisotopic (exact) mass is 281 g/mol. The molecule has 1 aromatic carbocycles. The van der Waals surface area contributed by atoms with Crippen molar-refractivity contribution in [1.82, 2.24) is 0 Å². The predicted molar refractivity (Wildman–Crippen MR) is 75.7 cm³/mol. The molecule has 0 atom stereocenters. The summed E-state index contributed by atoms with van der Waals surface area (Å²) in [4.78, 5) is 1.07. The normalized spacial score (nSPS) is 11.4. The first-order valence-corrected chi connectivity index (χ1v) is 7.99. The molecule has 0 aliphatic rings. The molecule has 0 spiro atoms. The first kappa shape index (κ1) is 13.1.